The molecule has 1 aromatic carbocycles. The minimum atomic E-state index is -0.354. The molecule has 0 aromatic heterocycles. The fraction of sp³-hybridized carbons (Fsp3) is 0.619. The van der Waals surface area contributed by atoms with Crippen molar-refractivity contribution < 1.29 is 9.59 Å². The molecule has 4 nitrogen and oxygen atoms in total. The molecule has 1 N–H and O–H groups in total. The lowest BCUT2D eigenvalue weighted by Gasteiger charge is -2.35. The van der Waals surface area contributed by atoms with Gasteiger partial charge in [0, 0.05) is 17.9 Å². The van der Waals surface area contributed by atoms with Gasteiger partial charge in [0.25, 0.3) is 5.91 Å². The lowest BCUT2D eigenvalue weighted by atomic mass is 9.88. The average Bonchev–Trinajstić information content (AvgIpc) is 3.12. The number of hydrogen-bond donors (Lipinski definition) is 1. The zero-order valence-corrected chi connectivity index (χ0v) is 16.7. The number of carbonyl (C=O) groups excluding carboxylic acids is 2. The molecule has 3 rings (SSSR count). The molecule has 0 bridgehead atoms. The van der Waals surface area contributed by atoms with Crippen LogP contribution in [-0.2, 0) is 4.79 Å². The van der Waals surface area contributed by atoms with Crippen molar-refractivity contribution in [1.82, 2.24) is 10.2 Å². The Kier molecular flexibility index (Phi) is 6.63. The van der Waals surface area contributed by atoms with Gasteiger partial charge < -0.3 is 10.2 Å². The highest BCUT2D eigenvalue weighted by atomic mass is 32.2. The molecule has 0 radical (unpaired) electrons. The van der Waals surface area contributed by atoms with Crippen LogP contribution in [0.15, 0.2) is 24.3 Å². The van der Waals surface area contributed by atoms with E-state index in [2.05, 4.69) is 5.32 Å². The van der Waals surface area contributed by atoms with Crippen LogP contribution in [0, 0.1) is 12.8 Å². The molecule has 1 saturated carbocycles. The van der Waals surface area contributed by atoms with Gasteiger partial charge in [0.1, 0.15) is 6.04 Å². The molecular weight excluding hydrogens is 344 g/mol. The molecule has 2 fully saturated rings. The molecule has 2 unspecified atom stereocenters. The van der Waals surface area contributed by atoms with Crippen LogP contribution in [0.25, 0.3) is 0 Å². The van der Waals surface area contributed by atoms with Crippen molar-refractivity contribution in [2.75, 3.05) is 12.3 Å². The number of nitrogens with zero attached hydrogens (tertiary/aromatic N) is 1. The fourth-order valence-corrected chi connectivity index (χ4v) is 5.62. The first kappa shape index (κ1) is 19.3. The van der Waals surface area contributed by atoms with Gasteiger partial charge in [0.05, 0.1) is 5.37 Å². The molecule has 1 saturated heterocycles. The van der Waals surface area contributed by atoms with E-state index in [1.165, 1.54) is 32.1 Å². The monoisotopic (exact) mass is 374 g/mol. The molecule has 2 atom stereocenters. The van der Waals surface area contributed by atoms with Crippen molar-refractivity contribution in [2.24, 2.45) is 5.92 Å². The molecule has 1 aliphatic heterocycles. The van der Waals surface area contributed by atoms with E-state index in [1.54, 1.807) is 11.8 Å². The maximum Gasteiger partial charge on any atom is 0.255 e. The summed E-state index contributed by atoms with van der Waals surface area (Å²) in [4.78, 5) is 27.9. The van der Waals surface area contributed by atoms with Gasteiger partial charge in [0.2, 0.25) is 5.91 Å². The molecule has 2 aliphatic rings. The standard InChI is InChI=1S/C21H30N2O2S/c1-3-13-22-19(24)18-14-26-21(17-7-5-4-6-8-17)23(18)20(25)16-11-9-15(2)10-12-16/h9-12,17-18,21H,3-8,13-14H2,1-2H3,(H,22,24). The number of aryl methyl sites for hydroxylation is 1. The van der Waals surface area contributed by atoms with E-state index in [0.29, 0.717) is 23.8 Å². The number of benzene rings is 1. The van der Waals surface area contributed by atoms with Gasteiger partial charge in [-0.3, -0.25) is 9.59 Å². The fourth-order valence-electron chi connectivity index (χ4n) is 3.98. The Morgan fingerprint density at radius 3 is 2.50 bits per heavy atom. The van der Waals surface area contributed by atoms with Crippen LogP contribution in [0.5, 0.6) is 0 Å². The topological polar surface area (TPSA) is 49.4 Å². The first-order valence-electron chi connectivity index (χ1n) is 9.90. The highest BCUT2D eigenvalue weighted by Gasteiger charge is 2.44. The van der Waals surface area contributed by atoms with Crippen LogP contribution in [-0.4, -0.2) is 40.4 Å². The van der Waals surface area contributed by atoms with Crippen molar-refractivity contribution in [2.45, 2.75) is 63.8 Å². The van der Waals surface area contributed by atoms with Crippen LogP contribution in [0.1, 0.15) is 61.4 Å². The van der Waals surface area contributed by atoms with E-state index in [9.17, 15) is 9.59 Å². The normalized spacial score (nSPS) is 23.8. The predicted molar refractivity (Wildman–Crippen MR) is 107 cm³/mol. The van der Waals surface area contributed by atoms with Crippen molar-refractivity contribution in [3.8, 4) is 0 Å². The molecule has 2 amide bonds. The summed E-state index contributed by atoms with van der Waals surface area (Å²) in [6.45, 7) is 4.73. The van der Waals surface area contributed by atoms with Crippen LogP contribution >= 0.6 is 11.8 Å². The van der Waals surface area contributed by atoms with E-state index >= 15 is 0 Å². The maximum atomic E-state index is 13.3. The minimum absolute atomic E-state index is 0.00174. The van der Waals surface area contributed by atoms with Gasteiger partial charge in [-0.15, -0.1) is 11.8 Å². The Morgan fingerprint density at radius 1 is 1.15 bits per heavy atom. The first-order valence-corrected chi connectivity index (χ1v) is 11.0. The smallest absolute Gasteiger partial charge is 0.255 e. The number of hydrogen-bond acceptors (Lipinski definition) is 3. The molecule has 142 valence electrons. The third kappa shape index (κ3) is 4.25. The lowest BCUT2D eigenvalue weighted by molar-refractivity contribution is -0.125. The number of thioether (sulfide) groups is 1. The van der Waals surface area contributed by atoms with Gasteiger partial charge in [-0.05, 0) is 44.2 Å². The van der Waals surface area contributed by atoms with E-state index < -0.39 is 0 Å². The second-order valence-electron chi connectivity index (χ2n) is 7.51. The van der Waals surface area contributed by atoms with Crippen molar-refractivity contribution >= 4 is 23.6 Å². The Bertz CT molecular complexity index is 625. The number of nitrogens with one attached hydrogen (secondary N) is 1. The second kappa shape index (κ2) is 8.94. The van der Waals surface area contributed by atoms with Crippen molar-refractivity contribution in [3.63, 3.8) is 0 Å². The number of amides is 2. The molecule has 26 heavy (non-hydrogen) atoms. The molecular formula is C21H30N2O2S. The summed E-state index contributed by atoms with van der Waals surface area (Å²) in [5.74, 6) is 1.21. The summed E-state index contributed by atoms with van der Waals surface area (Å²) in [6, 6.07) is 7.36. The van der Waals surface area contributed by atoms with Gasteiger partial charge in [0.15, 0.2) is 0 Å². The van der Waals surface area contributed by atoms with Crippen molar-refractivity contribution in [1.29, 1.82) is 0 Å². The third-order valence-corrected chi connectivity index (χ3v) is 6.93. The SMILES string of the molecule is CCCNC(=O)C1CSC(C2CCCCC2)N1C(=O)c1ccc(C)cc1. The van der Waals surface area contributed by atoms with E-state index in [-0.39, 0.29) is 23.2 Å². The minimum Gasteiger partial charge on any atom is -0.354 e. The Labute approximate surface area is 161 Å². The highest BCUT2D eigenvalue weighted by molar-refractivity contribution is 8.00. The van der Waals surface area contributed by atoms with Crippen LogP contribution in [0.2, 0.25) is 0 Å². The molecule has 0 spiro atoms. The Hall–Kier alpha value is -1.49. The first-order chi connectivity index (χ1) is 12.6. The average molecular weight is 375 g/mol. The van der Waals surface area contributed by atoms with E-state index in [0.717, 1.165) is 12.0 Å². The lowest BCUT2D eigenvalue weighted by Crippen LogP contribution is -2.51. The summed E-state index contributed by atoms with van der Waals surface area (Å²) < 4.78 is 0. The Balaban J connectivity index is 1.84. The summed E-state index contributed by atoms with van der Waals surface area (Å²) in [5, 5.41) is 3.12. The summed E-state index contributed by atoms with van der Waals surface area (Å²) in [6.07, 6.45) is 7.00. The van der Waals surface area contributed by atoms with Gasteiger partial charge in [-0.2, -0.15) is 0 Å². The van der Waals surface area contributed by atoms with Gasteiger partial charge >= 0.3 is 0 Å². The van der Waals surface area contributed by atoms with Gasteiger partial charge in [-0.1, -0.05) is 43.9 Å². The summed E-state index contributed by atoms with van der Waals surface area (Å²) >= 11 is 1.80. The van der Waals surface area contributed by atoms with Crippen molar-refractivity contribution in [3.05, 3.63) is 35.4 Å². The number of rotatable bonds is 5. The quantitative estimate of drug-likeness (QED) is 0.848. The van der Waals surface area contributed by atoms with Crippen LogP contribution in [0.4, 0.5) is 0 Å². The second-order valence-corrected chi connectivity index (χ2v) is 8.66. The third-order valence-electron chi connectivity index (χ3n) is 5.47. The van der Waals surface area contributed by atoms with Crippen LogP contribution < -0.4 is 5.32 Å². The number of carbonyl (C=O) groups is 2. The zero-order chi connectivity index (χ0) is 18.5. The largest absolute Gasteiger partial charge is 0.354 e. The summed E-state index contributed by atoms with van der Waals surface area (Å²) in [5.41, 5.74) is 1.82. The van der Waals surface area contributed by atoms with Crippen LogP contribution in [0.3, 0.4) is 0 Å². The van der Waals surface area contributed by atoms with E-state index in [1.807, 2.05) is 43.0 Å². The Morgan fingerprint density at radius 2 is 1.85 bits per heavy atom. The summed E-state index contributed by atoms with van der Waals surface area (Å²) in [7, 11) is 0. The predicted octanol–water partition coefficient (Wildman–Crippen LogP) is 3.99. The molecule has 1 heterocycles. The highest BCUT2D eigenvalue weighted by Crippen LogP contribution is 2.41. The zero-order valence-electron chi connectivity index (χ0n) is 15.9. The molecule has 5 heteroatoms. The van der Waals surface area contributed by atoms with E-state index in [4.69, 9.17) is 0 Å². The molecule has 1 aliphatic carbocycles. The maximum absolute atomic E-state index is 13.3. The van der Waals surface area contributed by atoms with Gasteiger partial charge in [-0.25, -0.2) is 0 Å². The molecule has 1 aromatic rings.